The normalized spacial score (nSPS) is 22.8. The Morgan fingerprint density at radius 3 is 2.89 bits per heavy atom. The lowest BCUT2D eigenvalue weighted by Crippen LogP contribution is -2.46. The van der Waals surface area contributed by atoms with Gasteiger partial charge in [0.15, 0.2) is 11.4 Å². The predicted octanol–water partition coefficient (Wildman–Crippen LogP) is 1.24. The molecule has 1 aliphatic carbocycles. The van der Waals surface area contributed by atoms with E-state index >= 15 is 0 Å². The van der Waals surface area contributed by atoms with Crippen molar-refractivity contribution in [3.63, 3.8) is 0 Å². The summed E-state index contributed by atoms with van der Waals surface area (Å²) in [5, 5.41) is 3.50. The molecular weight excluding hydrogens is 480 g/mol. The topological polar surface area (TPSA) is 138 Å². The van der Waals surface area contributed by atoms with Gasteiger partial charge in [-0.3, -0.25) is 19.1 Å². The molecule has 1 N–H and O–H groups in total. The SMILES string of the molecule is COc1cnc2ccc(=O)n(CCN[C@@H]3CC[C@@H]4[C@@H](C3)OC(=O)N4c3ccc4c(n3)CC(=O)CO4)c2n1. The Balaban J connectivity index is 1.11. The molecule has 3 aliphatic rings. The summed E-state index contributed by atoms with van der Waals surface area (Å²) < 4.78 is 17.9. The van der Waals surface area contributed by atoms with Gasteiger partial charge in [0.05, 0.1) is 31.5 Å². The molecule has 3 aromatic heterocycles. The summed E-state index contributed by atoms with van der Waals surface area (Å²) in [6.45, 7) is 1.00. The smallest absolute Gasteiger partial charge is 0.416 e. The van der Waals surface area contributed by atoms with Gasteiger partial charge in [-0.05, 0) is 31.0 Å². The van der Waals surface area contributed by atoms with E-state index in [1.165, 1.54) is 19.4 Å². The minimum atomic E-state index is -0.430. The van der Waals surface area contributed by atoms with Gasteiger partial charge >= 0.3 is 6.09 Å². The van der Waals surface area contributed by atoms with Crippen molar-refractivity contribution in [3.05, 3.63) is 46.5 Å². The highest BCUT2D eigenvalue weighted by Gasteiger charge is 2.46. The summed E-state index contributed by atoms with van der Waals surface area (Å²) in [5.74, 6) is 1.36. The van der Waals surface area contributed by atoms with Crippen molar-refractivity contribution < 1.29 is 23.8 Å². The molecule has 3 atom stereocenters. The molecule has 0 bridgehead atoms. The van der Waals surface area contributed by atoms with Crippen LogP contribution in [-0.4, -0.2) is 69.8 Å². The minimum absolute atomic E-state index is 0.0393. The number of nitrogens with zero attached hydrogens (tertiary/aromatic N) is 5. The van der Waals surface area contributed by atoms with E-state index in [2.05, 4.69) is 20.3 Å². The number of nitrogens with one attached hydrogen (secondary N) is 1. The molecule has 12 heteroatoms. The molecule has 2 aliphatic heterocycles. The predicted molar refractivity (Wildman–Crippen MR) is 131 cm³/mol. The second-order valence-electron chi connectivity index (χ2n) is 9.39. The van der Waals surface area contributed by atoms with E-state index in [1.807, 2.05) is 0 Å². The molecule has 12 nitrogen and oxygen atoms in total. The van der Waals surface area contributed by atoms with Crippen LogP contribution in [-0.2, 0) is 22.5 Å². The van der Waals surface area contributed by atoms with Gasteiger partial charge in [-0.15, -0.1) is 0 Å². The quantitative estimate of drug-likeness (QED) is 0.520. The molecule has 192 valence electrons. The highest BCUT2D eigenvalue weighted by Crippen LogP contribution is 2.36. The summed E-state index contributed by atoms with van der Waals surface area (Å²) in [4.78, 5) is 51.9. The van der Waals surface area contributed by atoms with E-state index in [-0.39, 0.29) is 42.6 Å². The summed E-state index contributed by atoms with van der Waals surface area (Å²) >= 11 is 0. The van der Waals surface area contributed by atoms with Crippen LogP contribution in [0.3, 0.4) is 0 Å². The Bertz CT molecular complexity index is 1440. The third kappa shape index (κ3) is 4.37. The van der Waals surface area contributed by atoms with Gasteiger partial charge in [0.1, 0.15) is 29.8 Å². The monoisotopic (exact) mass is 506 g/mol. The summed E-state index contributed by atoms with van der Waals surface area (Å²) in [6, 6.07) is 6.63. The number of amides is 1. The molecule has 1 saturated carbocycles. The molecule has 5 heterocycles. The number of pyridine rings is 2. The molecule has 6 rings (SSSR count). The summed E-state index contributed by atoms with van der Waals surface area (Å²) in [5.41, 5.74) is 1.48. The van der Waals surface area contributed by atoms with Gasteiger partial charge in [0, 0.05) is 31.6 Å². The molecule has 0 aromatic carbocycles. The molecule has 1 amide bonds. The molecule has 2 fully saturated rings. The van der Waals surface area contributed by atoms with Crippen molar-refractivity contribution in [2.24, 2.45) is 0 Å². The van der Waals surface area contributed by atoms with Crippen LogP contribution in [0.2, 0.25) is 0 Å². The van der Waals surface area contributed by atoms with E-state index in [4.69, 9.17) is 14.2 Å². The van der Waals surface area contributed by atoms with Gasteiger partial charge in [0.2, 0.25) is 5.88 Å². The van der Waals surface area contributed by atoms with Crippen LogP contribution in [0, 0.1) is 0 Å². The largest absolute Gasteiger partial charge is 0.484 e. The maximum atomic E-state index is 12.8. The standard InChI is InChI=1S/C25H26N6O6/c1-35-22-12-27-16-3-7-23(33)30(24(16)29-22)9-8-26-14-2-4-18-20(10-14)37-25(34)31(18)21-6-5-19-17(28-21)11-15(32)13-36-19/h3,5-7,12,14,18,20,26H,2,4,8-11,13H2,1H3/t14-,18-,20-/m1/s1. The molecule has 0 spiro atoms. The molecular formula is C25H26N6O6. The third-order valence-electron chi connectivity index (χ3n) is 7.10. The Kier molecular flexibility index (Phi) is 5.95. The van der Waals surface area contributed by atoms with Crippen molar-refractivity contribution in [1.29, 1.82) is 0 Å². The number of fused-ring (bicyclic) bond motifs is 3. The molecule has 1 saturated heterocycles. The van der Waals surface area contributed by atoms with E-state index in [9.17, 15) is 14.4 Å². The van der Waals surface area contributed by atoms with Crippen molar-refractivity contribution >= 4 is 28.9 Å². The lowest BCUT2D eigenvalue weighted by Gasteiger charge is -2.33. The zero-order valence-electron chi connectivity index (χ0n) is 20.3. The summed E-state index contributed by atoms with van der Waals surface area (Å²) in [7, 11) is 1.51. The maximum Gasteiger partial charge on any atom is 0.416 e. The Morgan fingerprint density at radius 2 is 2.03 bits per heavy atom. The third-order valence-corrected chi connectivity index (χ3v) is 7.10. The minimum Gasteiger partial charge on any atom is -0.484 e. The highest BCUT2D eigenvalue weighted by atomic mass is 16.6. The van der Waals surface area contributed by atoms with Crippen LogP contribution in [0.25, 0.3) is 11.2 Å². The van der Waals surface area contributed by atoms with E-state index in [0.29, 0.717) is 53.8 Å². The number of ketones is 1. The number of carbonyl (C=O) groups excluding carboxylic acids is 2. The first-order valence-corrected chi connectivity index (χ1v) is 12.3. The fraction of sp³-hybridized carbons (Fsp3) is 0.440. The zero-order valence-corrected chi connectivity index (χ0v) is 20.3. The number of hydrogen-bond acceptors (Lipinski definition) is 10. The number of rotatable bonds is 6. The van der Waals surface area contributed by atoms with Gasteiger partial charge in [-0.1, -0.05) is 0 Å². The van der Waals surface area contributed by atoms with Crippen molar-refractivity contribution in [2.45, 2.75) is 50.4 Å². The number of carbonyl (C=O) groups is 2. The van der Waals surface area contributed by atoms with Crippen LogP contribution >= 0.6 is 0 Å². The number of Topliss-reactive ketones (excluding diaryl/α,β-unsaturated/α-hetero) is 1. The van der Waals surface area contributed by atoms with Gasteiger partial charge in [-0.25, -0.2) is 14.8 Å². The van der Waals surface area contributed by atoms with E-state index in [1.54, 1.807) is 27.7 Å². The number of hydrogen-bond donors (Lipinski definition) is 1. The van der Waals surface area contributed by atoms with Crippen LogP contribution in [0.5, 0.6) is 11.6 Å². The fourth-order valence-electron chi connectivity index (χ4n) is 5.30. The van der Waals surface area contributed by atoms with Crippen molar-refractivity contribution in [1.82, 2.24) is 24.8 Å². The average molecular weight is 507 g/mol. The van der Waals surface area contributed by atoms with Crippen LogP contribution in [0.4, 0.5) is 10.6 Å². The average Bonchev–Trinajstić information content (AvgIpc) is 3.24. The highest BCUT2D eigenvalue weighted by molar-refractivity contribution is 5.90. The number of aromatic nitrogens is 4. The lowest BCUT2D eigenvalue weighted by molar-refractivity contribution is -0.121. The fourth-order valence-corrected chi connectivity index (χ4v) is 5.30. The first-order valence-electron chi connectivity index (χ1n) is 12.3. The first kappa shape index (κ1) is 23.3. The number of methoxy groups -OCH3 is 1. The molecule has 37 heavy (non-hydrogen) atoms. The van der Waals surface area contributed by atoms with Crippen molar-refractivity contribution in [2.75, 3.05) is 25.2 Å². The number of ether oxygens (including phenoxy) is 3. The Hall–Kier alpha value is -4.06. The van der Waals surface area contributed by atoms with Crippen molar-refractivity contribution in [3.8, 4) is 11.6 Å². The maximum absolute atomic E-state index is 12.8. The van der Waals surface area contributed by atoms with Crippen LogP contribution in [0.1, 0.15) is 25.0 Å². The van der Waals surface area contributed by atoms with Gasteiger partial charge in [-0.2, -0.15) is 4.98 Å². The van der Waals surface area contributed by atoms with Crippen LogP contribution < -0.4 is 25.2 Å². The Morgan fingerprint density at radius 1 is 1.14 bits per heavy atom. The van der Waals surface area contributed by atoms with Gasteiger partial charge in [0.25, 0.3) is 5.56 Å². The van der Waals surface area contributed by atoms with E-state index < -0.39 is 6.09 Å². The molecule has 0 radical (unpaired) electrons. The Labute approximate surface area is 211 Å². The second kappa shape index (κ2) is 9.43. The van der Waals surface area contributed by atoms with Gasteiger partial charge < -0.3 is 19.5 Å². The number of anilines is 1. The zero-order chi connectivity index (χ0) is 25.5. The van der Waals surface area contributed by atoms with Crippen LogP contribution in [0.15, 0.2) is 35.3 Å². The lowest BCUT2D eigenvalue weighted by atomic mass is 9.88. The molecule has 0 unspecified atom stereocenters. The van der Waals surface area contributed by atoms with E-state index in [0.717, 1.165) is 12.8 Å². The molecule has 3 aromatic rings. The second-order valence-corrected chi connectivity index (χ2v) is 9.39. The summed E-state index contributed by atoms with van der Waals surface area (Å²) in [6.07, 6.45) is 3.23. The first-order chi connectivity index (χ1) is 18.0.